The van der Waals surface area contributed by atoms with Crippen LogP contribution < -0.4 is 5.32 Å². The number of pyridine rings is 1. The smallest absolute Gasteiger partial charge is 0.272 e. The van der Waals surface area contributed by atoms with Crippen molar-refractivity contribution in [2.75, 3.05) is 11.9 Å². The van der Waals surface area contributed by atoms with E-state index >= 15 is 0 Å². The van der Waals surface area contributed by atoms with Gasteiger partial charge in [0, 0.05) is 18.8 Å². The number of carbonyl (C=O) groups is 1. The summed E-state index contributed by atoms with van der Waals surface area (Å²) in [5.41, 5.74) is 3.75. The van der Waals surface area contributed by atoms with Gasteiger partial charge in [0.1, 0.15) is 5.69 Å². The van der Waals surface area contributed by atoms with Crippen molar-refractivity contribution in [1.82, 2.24) is 9.88 Å². The zero-order chi connectivity index (χ0) is 19.1. The monoisotopic (exact) mass is 356 g/mol. The molecule has 0 saturated carbocycles. The Morgan fingerprint density at radius 2 is 1.74 bits per heavy atom. The van der Waals surface area contributed by atoms with Crippen LogP contribution in [-0.2, 0) is 6.54 Å². The lowest BCUT2D eigenvalue weighted by atomic mass is 10.2. The van der Waals surface area contributed by atoms with E-state index in [1.165, 1.54) is 0 Å². The first-order chi connectivity index (χ1) is 13.2. The molecule has 0 radical (unpaired) electrons. The van der Waals surface area contributed by atoms with Gasteiger partial charge in [0.2, 0.25) is 0 Å². The molecular formula is C22H20N4O. The Hall–Kier alpha value is -3.65. The van der Waals surface area contributed by atoms with Gasteiger partial charge >= 0.3 is 0 Å². The number of anilines is 2. The lowest BCUT2D eigenvalue weighted by Gasteiger charge is -2.20. The van der Waals surface area contributed by atoms with Gasteiger partial charge in [0.05, 0.1) is 23.5 Å². The maximum absolute atomic E-state index is 12.7. The van der Waals surface area contributed by atoms with Crippen molar-refractivity contribution in [2.24, 2.45) is 0 Å². The van der Waals surface area contributed by atoms with Gasteiger partial charge in [0.15, 0.2) is 0 Å². The summed E-state index contributed by atoms with van der Waals surface area (Å²) in [4.78, 5) is 18.8. The average Bonchev–Trinajstić information content (AvgIpc) is 2.73. The summed E-state index contributed by atoms with van der Waals surface area (Å²) < 4.78 is 0. The Morgan fingerprint density at radius 3 is 2.33 bits per heavy atom. The third kappa shape index (κ3) is 4.71. The topological polar surface area (TPSA) is 69.0 Å². The Bertz CT molecular complexity index is 929. The number of hydrogen-bond acceptors (Lipinski definition) is 4. The first-order valence-electron chi connectivity index (χ1n) is 8.76. The van der Waals surface area contributed by atoms with E-state index in [9.17, 15) is 4.79 Å². The minimum Gasteiger partial charge on any atom is -0.354 e. The van der Waals surface area contributed by atoms with E-state index in [1.807, 2.05) is 55.5 Å². The summed E-state index contributed by atoms with van der Waals surface area (Å²) >= 11 is 0. The molecule has 0 fully saturated rings. The quantitative estimate of drug-likeness (QED) is 0.712. The van der Waals surface area contributed by atoms with Crippen molar-refractivity contribution < 1.29 is 4.79 Å². The summed E-state index contributed by atoms with van der Waals surface area (Å²) in [6.07, 6.45) is 1.64. The molecule has 0 atom stereocenters. The van der Waals surface area contributed by atoms with E-state index < -0.39 is 0 Å². The third-order valence-electron chi connectivity index (χ3n) is 4.17. The molecule has 0 bridgehead atoms. The predicted molar refractivity (Wildman–Crippen MR) is 106 cm³/mol. The van der Waals surface area contributed by atoms with Crippen LogP contribution in [0.15, 0.2) is 72.9 Å². The van der Waals surface area contributed by atoms with Gasteiger partial charge in [-0.15, -0.1) is 0 Å². The molecule has 1 heterocycles. The van der Waals surface area contributed by atoms with Crippen LogP contribution >= 0.6 is 0 Å². The number of carbonyl (C=O) groups excluding carboxylic acids is 1. The fourth-order valence-corrected chi connectivity index (χ4v) is 2.68. The molecule has 0 aliphatic carbocycles. The predicted octanol–water partition coefficient (Wildman–Crippen LogP) is 4.36. The van der Waals surface area contributed by atoms with Crippen LogP contribution in [-0.4, -0.2) is 22.3 Å². The van der Waals surface area contributed by atoms with Crippen LogP contribution in [0.4, 0.5) is 11.4 Å². The van der Waals surface area contributed by atoms with Crippen LogP contribution in [0.1, 0.15) is 28.5 Å². The van der Waals surface area contributed by atoms with E-state index in [4.69, 9.17) is 5.26 Å². The lowest BCUT2D eigenvalue weighted by Crippen LogP contribution is -2.30. The number of nitriles is 1. The molecule has 0 saturated heterocycles. The molecule has 0 spiro atoms. The highest BCUT2D eigenvalue weighted by molar-refractivity contribution is 5.92. The maximum Gasteiger partial charge on any atom is 0.272 e. The van der Waals surface area contributed by atoms with Gasteiger partial charge in [0.25, 0.3) is 5.91 Å². The van der Waals surface area contributed by atoms with E-state index in [-0.39, 0.29) is 5.91 Å². The summed E-state index contributed by atoms with van der Waals surface area (Å²) in [7, 11) is 0. The molecule has 1 N–H and O–H groups in total. The Labute approximate surface area is 158 Å². The first kappa shape index (κ1) is 18.2. The molecule has 2 aromatic carbocycles. The van der Waals surface area contributed by atoms with Gasteiger partial charge in [-0.05, 0) is 48.9 Å². The summed E-state index contributed by atoms with van der Waals surface area (Å²) in [6, 6.07) is 22.7. The fourth-order valence-electron chi connectivity index (χ4n) is 2.68. The van der Waals surface area contributed by atoms with Crippen molar-refractivity contribution in [3.63, 3.8) is 0 Å². The number of nitrogens with one attached hydrogen (secondary N) is 1. The Kier molecular flexibility index (Phi) is 5.80. The number of rotatable bonds is 6. The largest absolute Gasteiger partial charge is 0.354 e. The van der Waals surface area contributed by atoms with Crippen LogP contribution in [0, 0.1) is 11.3 Å². The average molecular weight is 356 g/mol. The summed E-state index contributed by atoms with van der Waals surface area (Å²) in [5, 5.41) is 12.1. The summed E-state index contributed by atoms with van der Waals surface area (Å²) in [6.45, 7) is 3.13. The highest BCUT2D eigenvalue weighted by atomic mass is 16.2. The van der Waals surface area contributed by atoms with Crippen molar-refractivity contribution >= 4 is 17.3 Å². The number of amides is 1. The first-order valence-corrected chi connectivity index (χ1v) is 8.76. The van der Waals surface area contributed by atoms with E-state index in [2.05, 4.69) is 16.4 Å². The molecule has 5 nitrogen and oxygen atoms in total. The molecule has 0 aliphatic rings. The SMILES string of the molecule is CCN(Cc1ccccc1)C(=O)c1ccc(Nc2ccc(C#N)cc2)cn1. The van der Waals surface area contributed by atoms with Crippen LogP contribution in [0.25, 0.3) is 0 Å². The zero-order valence-corrected chi connectivity index (χ0v) is 15.1. The molecule has 3 rings (SSSR count). The maximum atomic E-state index is 12.7. The van der Waals surface area contributed by atoms with E-state index in [0.29, 0.717) is 24.3 Å². The van der Waals surface area contributed by atoms with Crippen LogP contribution in [0.2, 0.25) is 0 Å². The Balaban J connectivity index is 1.67. The molecule has 5 heteroatoms. The van der Waals surface area contributed by atoms with Gasteiger partial charge in [-0.2, -0.15) is 5.26 Å². The second-order valence-corrected chi connectivity index (χ2v) is 6.05. The number of nitrogens with zero attached hydrogens (tertiary/aromatic N) is 3. The zero-order valence-electron chi connectivity index (χ0n) is 15.1. The number of benzene rings is 2. The van der Waals surface area contributed by atoms with Crippen molar-refractivity contribution in [2.45, 2.75) is 13.5 Å². The highest BCUT2D eigenvalue weighted by Gasteiger charge is 2.15. The van der Waals surface area contributed by atoms with Gasteiger partial charge < -0.3 is 10.2 Å². The van der Waals surface area contributed by atoms with Gasteiger partial charge in [-0.25, -0.2) is 4.98 Å². The molecule has 3 aromatic rings. The Morgan fingerprint density at radius 1 is 1.04 bits per heavy atom. The second kappa shape index (κ2) is 8.63. The normalized spacial score (nSPS) is 10.1. The second-order valence-electron chi connectivity index (χ2n) is 6.05. The van der Waals surface area contributed by atoms with E-state index in [0.717, 1.165) is 16.9 Å². The number of aromatic nitrogens is 1. The minimum atomic E-state index is -0.0914. The molecule has 134 valence electrons. The van der Waals surface area contributed by atoms with Gasteiger partial charge in [-0.1, -0.05) is 30.3 Å². The fraction of sp³-hybridized carbons (Fsp3) is 0.136. The van der Waals surface area contributed by atoms with Crippen molar-refractivity contribution in [3.05, 3.63) is 89.7 Å². The molecule has 27 heavy (non-hydrogen) atoms. The summed E-state index contributed by atoms with van der Waals surface area (Å²) in [5.74, 6) is -0.0914. The number of hydrogen-bond donors (Lipinski definition) is 1. The molecular weight excluding hydrogens is 336 g/mol. The molecule has 1 aromatic heterocycles. The van der Waals surface area contributed by atoms with Crippen LogP contribution in [0.3, 0.4) is 0 Å². The molecule has 0 unspecified atom stereocenters. The molecule has 1 amide bonds. The van der Waals surface area contributed by atoms with Crippen molar-refractivity contribution in [1.29, 1.82) is 5.26 Å². The highest BCUT2D eigenvalue weighted by Crippen LogP contribution is 2.17. The van der Waals surface area contributed by atoms with Gasteiger partial charge in [-0.3, -0.25) is 4.79 Å². The van der Waals surface area contributed by atoms with E-state index in [1.54, 1.807) is 29.3 Å². The van der Waals surface area contributed by atoms with Crippen LogP contribution in [0.5, 0.6) is 0 Å². The lowest BCUT2D eigenvalue weighted by molar-refractivity contribution is 0.0746. The van der Waals surface area contributed by atoms with Crippen molar-refractivity contribution in [3.8, 4) is 6.07 Å². The molecule has 0 aliphatic heterocycles. The third-order valence-corrected chi connectivity index (χ3v) is 4.17. The minimum absolute atomic E-state index is 0.0914. The standard InChI is InChI=1S/C22H20N4O/c1-2-26(16-18-6-4-3-5-7-18)22(27)21-13-12-20(15-24-21)25-19-10-8-17(14-23)9-11-19/h3-13,15,25H,2,16H2,1H3.